The minimum absolute atomic E-state index is 0.246. The molecule has 0 bridgehead atoms. The second kappa shape index (κ2) is 11.2. The number of fused-ring (bicyclic) bond motifs is 1. The van der Waals surface area contributed by atoms with Crippen LogP contribution < -0.4 is 15.4 Å². The third kappa shape index (κ3) is 6.58. The number of alkyl halides is 3. The van der Waals surface area contributed by atoms with Crippen molar-refractivity contribution in [1.82, 2.24) is 5.32 Å². The summed E-state index contributed by atoms with van der Waals surface area (Å²) >= 11 is 25.7. The zero-order valence-electron chi connectivity index (χ0n) is 17.2. The van der Waals surface area contributed by atoms with Gasteiger partial charge in [0.25, 0.3) is 5.91 Å². The standard InChI is InChI=1S/C21H22Cl4N2O4S/c1-2-30-19(29)17-14-5-3-4-6-15(14)32-18(17)27-20(21(23,24)25)26-16(28)11-31-13-9-7-12(22)8-10-13/h7-10,20,27H,2-6,11H2,1H3,(H,26,28). The Morgan fingerprint density at radius 1 is 1.16 bits per heavy atom. The maximum Gasteiger partial charge on any atom is 0.341 e. The summed E-state index contributed by atoms with van der Waals surface area (Å²) in [5.74, 6) is -0.476. The number of aryl methyl sites for hydroxylation is 1. The lowest BCUT2D eigenvalue weighted by atomic mass is 9.95. The molecule has 1 atom stereocenters. The van der Waals surface area contributed by atoms with Crippen molar-refractivity contribution in [2.75, 3.05) is 18.5 Å². The number of amides is 1. The van der Waals surface area contributed by atoms with Gasteiger partial charge in [-0.1, -0.05) is 46.4 Å². The smallest absolute Gasteiger partial charge is 0.341 e. The summed E-state index contributed by atoms with van der Waals surface area (Å²) in [6, 6.07) is 6.58. The maximum absolute atomic E-state index is 12.7. The van der Waals surface area contributed by atoms with Gasteiger partial charge >= 0.3 is 5.97 Å². The number of nitrogens with one attached hydrogen (secondary N) is 2. The highest BCUT2D eigenvalue weighted by atomic mass is 35.6. The molecule has 0 spiro atoms. The average Bonchev–Trinajstić information content (AvgIpc) is 3.10. The van der Waals surface area contributed by atoms with Crippen LogP contribution in [0.3, 0.4) is 0 Å². The first-order chi connectivity index (χ1) is 15.2. The highest BCUT2D eigenvalue weighted by Crippen LogP contribution is 2.40. The number of esters is 1. The lowest BCUT2D eigenvalue weighted by molar-refractivity contribution is -0.123. The van der Waals surface area contributed by atoms with Crippen LogP contribution in [-0.2, 0) is 22.4 Å². The number of halogens is 4. The molecule has 1 amide bonds. The molecule has 0 saturated heterocycles. The van der Waals surface area contributed by atoms with Crippen molar-refractivity contribution >= 4 is 74.6 Å². The third-order valence-electron chi connectivity index (χ3n) is 4.74. The van der Waals surface area contributed by atoms with Crippen LogP contribution in [0.4, 0.5) is 5.00 Å². The molecule has 0 aliphatic heterocycles. The third-order valence-corrected chi connectivity index (χ3v) is 6.87. The molecule has 32 heavy (non-hydrogen) atoms. The SMILES string of the molecule is CCOC(=O)c1c(NC(NC(=O)COc2ccc(Cl)cc2)C(Cl)(Cl)Cl)sc2c1CCCC2. The first-order valence-electron chi connectivity index (χ1n) is 10.0. The monoisotopic (exact) mass is 538 g/mol. The number of rotatable bonds is 8. The number of thiophene rings is 1. The number of carbonyl (C=O) groups excluding carboxylic acids is 2. The lowest BCUT2D eigenvalue weighted by Gasteiger charge is -2.27. The molecule has 1 aromatic carbocycles. The second-order valence-electron chi connectivity index (χ2n) is 7.06. The Balaban J connectivity index is 1.75. The fraction of sp³-hybridized carbons (Fsp3) is 0.429. The van der Waals surface area contributed by atoms with Gasteiger partial charge in [-0.15, -0.1) is 11.3 Å². The molecule has 1 unspecified atom stereocenters. The van der Waals surface area contributed by atoms with Crippen LogP contribution in [0.2, 0.25) is 5.02 Å². The van der Waals surface area contributed by atoms with E-state index in [1.54, 1.807) is 31.2 Å². The summed E-state index contributed by atoms with van der Waals surface area (Å²) in [6.45, 7) is 1.69. The van der Waals surface area contributed by atoms with Crippen molar-refractivity contribution in [3.8, 4) is 5.75 Å². The largest absolute Gasteiger partial charge is 0.484 e. The Kier molecular flexibility index (Phi) is 8.81. The number of hydrogen-bond donors (Lipinski definition) is 2. The van der Waals surface area contributed by atoms with Crippen molar-refractivity contribution < 1.29 is 19.1 Å². The van der Waals surface area contributed by atoms with E-state index in [2.05, 4.69) is 10.6 Å². The van der Waals surface area contributed by atoms with Crippen LogP contribution in [0.15, 0.2) is 24.3 Å². The van der Waals surface area contributed by atoms with Crippen molar-refractivity contribution in [2.45, 2.75) is 42.6 Å². The highest BCUT2D eigenvalue weighted by molar-refractivity contribution is 7.16. The van der Waals surface area contributed by atoms with E-state index < -0.39 is 21.8 Å². The zero-order valence-corrected chi connectivity index (χ0v) is 21.0. The number of hydrogen-bond acceptors (Lipinski definition) is 6. The Bertz CT molecular complexity index is 960. The molecule has 1 aliphatic carbocycles. The van der Waals surface area contributed by atoms with Gasteiger partial charge in [-0.25, -0.2) is 4.79 Å². The molecule has 3 rings (SSSR count). The molecule has 174 valence electrons. The van der Waals surface area contributed by atoms with Crippen LogP contribution in [0.25, 0.3) is 0 Å². The zero-order chi connectivity index (χ0) is 23.3. The summed E-state index contributed by atoms with van der Waals surface area (Å²) in [5, 5.41) is 6.72. The normalized spacial score (nSPS) is 14.3. The van der Waals surface area contributed by atoms with Gasteiger partial charge in [0.15, 0.2) is 6.61 Å². The van der Waals surface area contributed by atoms with Crippen molar-refractivity contribution in [3.05, 3.63) is 45.3 Å². The molecule has 6 nitrogen and oxygen atoms in total. The average molecular weight is 540 g/mol. The van der Waals surface area contributed by atoms with E-state index in [9.17, 15) is 9.59 Å². The molecule has 0 fully saturated rings. The summed E-state index contributed by atoms with van der Waals surface area (Å²) < 4.78 is 8.80. The van der Waals surface area contributed by atoms with Gasteiger partial charge in [0.2, 0.25) is 3.79 Å². The van der Waals surface area contributed by atoms with Crippen LogP contribution in [0.5, 0.6) is 5.75 Å². The molecular formula is C21H22Cl4N2O4S. The molecule has 1 aromatic heterocycles. The van der Waals surface area contributed by atoms with E-state index >= 15 is 0 Å². The molecule has 0 saturated carbocycles. The number of anilines is 1. The van der Waals surface area contributed by atoms with Gasteiger partial charge in [0.05, 0.1) is 12.2 Å². The molecule has 0 radical (unpaired) electrons. The fourth-order valence-electron chi connectivity index (χ4n) is 3.30. The lowest BCUT2D eigenvalue weighted by Crippen LogP contribution is -2.50. The molecule has 2 aromatic rings. The van der Waals surface area contributed by atoms with Crippen LogP contribution in [-0.4, -0.2) is 35.0 Å². The predicted octanol–water partition coefficient (Wildman–Crippen LogP) is 5.76. The second-order valence-corrected chi connectivity index (χ2v) is 11.0. The van der Waals surface area contributed by atoms with E-state index in [-0.39, 0.29) is 13.2 Å². The van der Waals surface area contributed by atoms with Gasteiger partial charge in [-0.05, 0) is 62.4 Å². The first-order valence-corrected chi connectivity index (χ1v) is 12.3. The van der Waals surface area contributed by atoms with Crippen molar-refractivity contribution in [2.24, 2.45) is 0 Å². The van der Waals surface area contributed by atoms with Crippen LogP contribution in [0.1, 0.15) is 40.6 Å². The fourth-order valence-corrected chi connectivity index (χ4v) is 5.06. The molecule has 2 N–H and O–H groups in total. The topological polar surface area (TPSA) is 76.7 Å². The van der Waals surface area contributed by atoms with E-state index in [1.165, 1.54) is 11.3 Å². The quantitative estimate of drug-likeness (QED) is 0.253. The number of ether oxygens (including phenoxy) is 2. The van der Waals surface area contributed by atoms with Crippen molar-refractivity contribution in [3.63, 3.8) is 0 Å². The number of carbonyl (C=O) groups is 2. The van der Waals surface area contributed by atoms with Gasteiger partial charge in [-0.3, -0.25) is 4.79 Å². The van der Waals surface area contributed by atoms with E-state index in [0.29, 0.717) is 21.3 Å². The van der Waals surface area contributed by atoms with E-state index in [0.717, 1.165) is 36.1 Å². The van der Waals surface area contributed by atoms with Crippen molar-refractivity contribution in [1.29, 1.82) is 0 Å². The summed E-state index contributed by atoms with van der Waals surface area (Å²) in [7, 11) is 0. The van der Waals surface area contributed by atoms with Crippen LogP contribution in [0, 0.1) is 0 Å². The number of benzene rings is 1. The van der Waals surface area contributed by atoms with E-state index in [4.69, 9.17) is 55.9 Å². The first kappa shape index (κ1) is 25.2. The minimum atomic E-state index is -1.90. The van der Waals surface area contributed by atoms with Gasteiger partial charge < -0.3 is 20.1 Å². The Hall–Kier alpha value is -1.38. The molecular weight excluding hydrogens is 518 g/mol. The molecule has 1 heterocycles. The van der Waals surface area contributed by atoms with Gasteiger partial charge in [-0.2, -0.15) is 0 Å². The Morgan fingerprint density at radius 3 is 2.50 bits per heavy atom. The van der Waals surface area contributed by atoms with Gasteiger partial charge in [0.1, 0.15) is 16.9 Å². The molecule has 1 aliphatic rings. The highest BCUT2D eigenvalue weighted by Gasteiger charge is 2.36. The van der Waals surface area contributed by atoms with Crippen LogP contribution >= 0.6 is 57.7 Å². The Labute approximate surface area is 210 Å². The molecule has 11 heteroatoms. The summed E-state index contributed by atoms with van der Waals surface area (Å²) in [5.41, 5.74) is 1.40. The summed E-state index contributed by atoms with van der Waals surface area (Å²) in [4.78, 5) is 26.2. The Morgan fingerprint density at radius 2 is 1.84 bits per heavy atom. The predicted molar refractivity (Wildman–Crippen MR) is 130 cm³/mol. The summed E-state index contributed by atoms with van der Waals surface area (Å²) in [6.07, 6.45) is 2.57. The van der Waals surface area contributed by atoms with Gasteiger partial charge in [0, 0.05) is 9.90 Å². The maximum atomic E-state index is 12.7. The van der Waals surface area contributed by atoms with E-state index in [1.807, 2.05) is 0 Å². The minimum Gasteiger partial charge on any atom is -0.484 e.